The lowest BCUT2D eigenvalue weighted by Crippen LogP contribution is -2.26. The fourth-order valence-electron chi connectivity index (χ4n) is 2.79. The van der Waals surface area contributed by atoms with Crippen molar-refractivity contribution in [1.82, 2.24) is 20.1 Å². The number of nitrogens with zero attached hydrogens (tertiary/aromatic N) is 2. The van der Waals surface area contributed by atoms with Crippen LogP contribution in [0.2, 0.25) is 0 Å². The molecule has 0 spiro atoms. The van der Waals surface area contributed by atoms with Gasteiger partial charge in [-0.2, -0.15) is 5.10 Å². The molecule has 0 bridgehead atoms. The van der Waals surface area contributed by atoms with Gasteiger partial charge in [0.2, 0.25) is 5.91 Å². The van der Waals surface area contributed by atoms with Crippen molar-refractivity contribution in [2.75, 3.05) is 6.54 Å². The standard InChI is InChI=1S/C18H18N4O2S/c23-16(8-7-14-11-13-3-1-2-4-15(13)24-14)19-9-10-22-17(12-5-6-12)20-21-18(22)25/h1-4,7-8,11-12H,5-6,9-10H2,(H,19,23)(H,21,25). The largest absolute Gasteiger partial charge is 0.457 e. The zero-order valence-corrected chi connectivity index (χ0v) is 14.4. The van der Waals surface area contributed by atoms with Crippen molar-refractivity contribution in [2.24, 2.45) is 0 Å². The van der Waals surface area contributed by atoms with Gasteiger partial charge in [-0.1, -0.05) is 18.2 Å². The summed E-state index contributed by atoms with van der Waals surface area (Å²) in [5.74, 6) is 2.00. The smallest absolute Gasteiger partial charge is 0.244 e. The van der Waals surface area contributed by atoms with Crippen molar-refractivity contribution in [3.8, 4) is 0 Å². The lowest BCUT2D eigenvalue weighted by atomic mass is 10.2. The van der Waals surface area contributed by atoms with Crippen molar-refractivity contribution in [3.63, 3.8) is 0 Å². The molecular weight excluding hydrogens is 336 g/mol. The van der Waals surface area contributed by atoms with Crippen LogP contribution < -0.4 is 5.32 Å². The number of aromatic nitrogens is 3. The molecule has 6 nitrogen and oxygen atoms in total. The van der Waals surface area contributed by atoms with E-state index in [9.17, 15) is 4.79 Å². The number of para-hydroxylation sites is 1. The quantitative estimate of drug-likeness (QED) is 0.525. The second kappa shape index (κ2) is 6.68. The van der Waals surface area contributed by atoms with Crippen LogP contribution in [0.4, 0.5) is 0 Å². The van der Waals surface area contributed by atoms with Crippen molar-refractivity contribution in [3.05, 3.63) is 52.8 Å². The van der Waals surface area contributed by atoms with Crippen LogP contribution in [0.15, 0.2) is 40.8 Å². The molecule has 0 radical (unpaired) electrons. The predicted molar refractivity (Wildman–Crippen MR) is 97.6 cm³/mol. The molecule has 2 aromatic heterocycles. The first-order chi connectivity index (χ1) is 12.2. The lowest BCUT2D eigenvalue weighted by Gasteiger charge is -2.06. The summed E-state index contributed by atoms with van der Waals surface area (Å²) in [5.41, 5.74) is 0.810. The van der Waals surface area contributed by atoms with Gasteiger partial charge in [0.25, 0.3) is 0 Å². The normalized spacial score (nSPS) is 14.4. The fourth-order valence-corrected chi connectivity index (χ4v) is 3.02. The highest BCUT2D eigenvalue weighted by Gasteiger charge is 2.28. The Hall–Kier alpha value is -2.67. The van der Waals surface area contributed by atoms with Gasteiger partial charge in [0.05, 0.1) is 0 Å². The summed E-state index contributed by atoms with van der Waals surface area (Å²) in [6.45, 7) is 1.11. The highest BCUT2D eigenvalue weighted by atomic mass is 32.1. The highest BCUT2D eigenvalue weighted by Crippen LogP contribution is 2.38. The Morgan fingerprint density at radius 1 is 1.44 bits per heavy atom. The van der Waals surface area contributed by atoms with E-state index in [4.69, 9.17) is 16.6 Å². The summed E-state index contributed by atoms with van der Waals surface area (Å²) in [6.07, 6.45) is 5.47. The van der Waals surface area contributed by atoms with Crippen molar-refractivity contribution >= 4 is 35.2 Å². The number of carbonyl (C=O) groups is 1. The van der Waals surface area contributed by atoms with Crippen LogP contribution in [0.3, 0.4) is 0 Å². The molecule has 1 aliphatic rings. The van der Waals surface area contributed by atoms with Gasteiger partial charge >= 0.3 is 0 Å². The molecule has 0 saturated heterocycles. The van der Waals surface area contributed by atoms with Crippen LogP contribution >= 0.6 is 12.2 Å². The first kappa shape index (κ1) is 15.8. The minimum atomic E-state index is -0.163. The van der Waals surface area contributed by atoms with Crippen LogP contribution in [0.5, 0.6) is 0 Å². The maximum atomic E-state index is 12.0. The van der Waals surface area contributed by atoms with Crippen LogP contribution in [0.1, 0.15) is 30.3 Å². The number of aromatic amines is 1. The molecule has 25 heavy (non-hydrogen) atoms. The van der Waals surface area contributed by atoms with E-state index >= 15 is 0 Å². The molecule has 0 atom stereocenters. The Bertz CT molecular complexity index is 961. The summed E-state index contributed by atoms with van der Waals surface area (Å²) in [6, 6.07) is 9.66. The average molecular weight is 354 g/mol. The summed E-state index contributed by atoms with van der Waals surface area (Å²) in [5, 5.41) is 11.0. The van der Waals surface area contributed by atoms with Gasteiger partial charge in [-0.3, -0.25) is 9.89 Å². The molecular formula is C18H18N4O2S. The maximum absolute atomic E-state index is 12.0. The molecule has 0 aliphatic heterocycles. The van der Waals surface area contributed by atoms with Crippen LogP contribution in [-0.4, -0.2) is 27.2 Å². The van der Waals surface area contributed by atoms with E-state index in [0.29, 0.717) is 29.5 Å². The second-order valence-electron chi connectivity index (χ2n) is 6.12. The van der Waals surface area contributed by atoms with Crippen LogP contribution in [-0.2, 0) is 11.3 Å². The monoisotopic (exact) mass is 354 g/mol. The molecule has 0 unspecified atom stereocenters. The lowest BCUT2D eigenvalue weighted by molar-refractivity contribution is -0.116. The van der Waals surface area contributed by atoms with Gasteiger partial charge in [0, 0.05) is 30.5 Å². The number of fused-ring (bicyclic) bond motifs is 1. The zero-order valence-electron chi connectivity index (χ0n) is 13.6. The summed E-state index contributed by atoms with van der Waals surface area (Å²) in [4.78, 5) is 12.0. The van der Waals surface area contributed by atoms with Crippen LogP contribution in [0.25, 0.3) is 17.0 Å². The minimum Gasteiger partial charge on any atom is -0.457 e. The number of H-pyrrole nitrogens is 1. The Kier molecular flexibility index (Phi) is 4.23. The van der Waals surface area contributed by atoms with E-state index in [1.165, 1.54) is 6.08 Å². The molecule has 1 amide bonds. The zero-order chi connectivity index (χ0) is 17.2. The number of carbonyl (C=O) groups excluding carboxylic acids is 1. The second-order valence-corrected chi connectivity index (χ2v) is 6.51. The summed E-state index contributed by atoms with van der Waals surface area (Å²) >= 11 is 5.25. The summed E-state index contributed by atoms with van der Waals surface area (Å²) in [7, 11) is 0. The van der Waals surface area contributed by atoms with E-state index in [0.717, 1.165) is 29.6 Å². The number of hydrogen-bond acceptors (Lipinski definition) is 4. The van der Waals surface area contributed by atoms with E-state index < -0.39 is 0 Å². The number of rotatable bonds is 6. The fraction of sp³-hybridized carbons (Fsp3) is 0.278. The number of benzene rings is 1. The van der Waals surface area contributed by atoms with E-state index in [1.807, 2.05) is 34.9 Å². The van der Waals surface area contributed by atoms with E-state index in [1.54, 1.807) is 6.08 Å². The molecule has 2 heterocycles. The van der Waals surface area contributed by atoms with Crippen LogP contribution in [0, 0.1) is 4.77 Å². The third kappa shape index (κ3) is 3.56. The first-order valence-corrected chi connectivity index (χ1v) is 8.71. The Balaban J connectivity index is 1.33. The topological polar surface area (TPSA) is 75.8 Å². The van der Waals surface area contributed by atoms with Crippen molar-refractivity contribution < 1.29 is 9.21 Å². The van der Waals surface area contributed by atoms with Gasteiger partial charge in [0.1, 0.15) is 17.2 Å². The first-order valence-electron chi connectivity index (χ1n) is 8.30. The van der Waals surface area contributed by atoms with Crippen molar-refractivity contribution in [2.45, 2.75) is 25.3 Å². The minimum absolute atomic E-state index is 0.163. The predicted octanol–water partition coefficient (Wildman–Crippen LogP) is 3.39. The molecule has 2 N–H and O–H groups in total. The Morgan fingerprint density at radius 2 is 2.28 bits per heavy atom. The molecule has 7 heteroatoms. The van der Waals surface area contributed by atoms with Gasteiger partial charge in [0.15, 0.2) is 4.77 Å². The molecule has 1 aliphatic carbocycles. The molecule has 1 fully saturated rings. The van der Waals surface area contributed by atoms with Crippen molar-refractivity contribution in [1.29, 1.82) is 0 Å². The number of furan rings is 1. The average Bonchev–Trinajstić information content (AvgIpc) is 3.26. The Morgan fingerprint density at radius 3 is 3.08 bits per heavy atom. The van der Waals surface area contributed by atoms with E-state index in [-0.39, 0.29) is 5.91 Å². The molecule has 3 aromatic rings. The molecule has 1 aromatic carbocycles. The van der Waals surface area contributed by atoms with Gasteiger partial charge in [-0.05, 0) is 43.3 Å². The SMILES string of the molecule is O=C(C=Cc1cc2ccccc2o1)NCCn1c(C2CC2)n[nH]c1=S. The molecule has 1 saturated carbocycles. The Labute approximate surface area is 149 Å². The maximum Gasteiger partial charge on any atom is 0.244 e. The number of hydrogen-bond donors (Lipinski definition) is 2. The summed E-state index contributed by atoms with van der Waals surface area (Å²) < 4.78 is 8.22. The molecule has 128 valence electrons. The van der Waals surface area contributed by atoms with Gasteiger partial charge in [-0.15, -0.1) is 0 Å². The third-order valence-electron chi connectivity index (χ3n) is 4.21. The van der Waals surface area contributed by atoms with Gasteiger partial charge < -0.3 is 14.3 Å². The van der Waals surface area contributed by atoms with Gasteiger partial charge in [-0.25, -0.2) is 0 Å². The molecule has 4 rings (SSSR count). The highest BCUT2D eigenvalue weighted by molar-refractivity contribution is 7.71. The number of amides is 1. The third-order valence-corrected chi connectivity index (χ3v) is 4.52. The van der Waals surface area contributed by atoms with E-state index in [2.05, 4.69) is 15.5 Å². The number of nitrogens with one attached hydrogen (secondary N) is 2.